The standard InChI is InChI=1S/C17H16N2O6/c18-10-3-1-9(2-4-10)12-8-25-14-6-11(20)5-13(21)16(14)17(12,23)7-15(22)19-24/h1-6,8,20-21,23-24H,7,18H2,(H,19,22). The molecule has 0 saturated heterocycles. The average Bonchev–Trinajstić information content (AvgIpc) is 2.55. The second-order valence-electron chi connectivity index (χ2n) is 5.68. The van der Waals surface area contributed by atoms with Gasteiger partial charge in [0, 0.05) is 23.4 Å². The van der Waals surface area contributed by atoms with Crippen molar-refractivity contribution >= 4 is 17.2 Å². The number of ether oxygens (including phenoxy) is 1. The zero-order valence-corrected chi connectivity index (χ0v) is 12.9. The highest BCUT2D eigenvalue weighted by atomic mass is 16.5. The first-order chi connectivity index (χ1) is 11.8. The molecule has 1 aliphatic heterocycles. The number of hydrogen-bond donors (Lipinski definition) is 6. The summed E-state index contributed by atoms with van der Waals surface area (Å²) in [6, 6.07) is 8.68. The van der Waals surface area contributed by atoms with Gasteiger partial charge in [0.1, 0.15) is 22.8 Å². The van der Waals surface area contributed by atoms with E-state index in [0.29, 0.717) is 11.3 Å². The van der Waals surface area contributed by atoms with E-state index in [1.165, 1.54) is 17.8 Å². The van der Waals surface area contributed by atoms with Crippen molar-refractivity contribution in [2.45, 2.75) is 12.0 Å². The molecule has 0 fully saturated rings. The van der Waals surface area contributed by atoms with E-state index < -0.39 is 23.7 Å². The Labute approximate surface area is 142 Å². The van der Waals surface area contributed by atoms with Crippen molar-refractivity contribution in [2.75, 3.05) is 5.73 Å². The molecule has 0 saturated carbocycles. The molecule has 0 aromatic heterocycles. The zero-order valence-electron chi connectivity index (χ0n) is 12.9. The number of phenolic OH excluding ortho intramolecular Hbond substituents is 2. The lowest BCUT2D eigenvalue weighted by Crippen LogP contribution is -2.37. The molecule has 1 aliphatic rings. The van der Waals surface area contributed by atoms with Gasteiger partial charge in [0.05, 0.1) is 18.2 Å². The number of phenols is 2. The van der Waals surface area contributed by atoms with Gasteiger partial charge in [-0.2, -0.15) is 0 Å². The minimum Gasteiger partial charge on any atom is -0.508 e. The molecule has 0 bridgehead atoms. The Morgan fingerprint density at radius 3 is 2.52 bits per heavy atom. The van der Waals surface area contributed by atoms with Gasteiger partial charge < -0.3 is 25.8 Å². The van der Waals surface area contributed by atoms with Crippen molar-refractivity contribution in [1.82, 2.24) is 5.48 Å². The number of nitrogens with one attached hydrogen (secondary N) is 1. The van der Waals surface area contributed by atoms with Crippen molar-refractivity contribution in [3.05, 3.63) is 53.8 Å². The van der Waals surface area contributed by atoms with Gasteiger partial charge in [-0.1, -0.05) is 12.1 Å². The number of amides is 1. The van der Waals surface area contributed by atoms with E-state index in [2.05, 4.69) is 0 Å². The SMILES string of the molecule is Nc1ccc(C2=COc3cc(O)cc(O)c3C2(O)CC(=O)NO)cc1. The van der Waals surface area contributed by atoms with Crippen LogP contribution in [0.5, 0.6) is 17.2 Å². The number of nitrogen functional groups attached to an aromatic ring is 1. The van der Waals surface area contributed by atoms with Crippen LogP contribution in [0.25, 0.3) is 5.57 Å². The molecular formula is C17H16N2O6. The third kappa shape index (κ3) is 2.84. The van der Waals surface area contributed by atoms with Gasteiger partial charge in [0.2, 0.25) is 5.91 Å². The molecule has 25 heavy (non-hydrogen) atoms. The van der Waals surface area contributed by atoms with E-state index >= 15 is 0 Å². The van der Waals surface area contributed by atoms with Gasteiger partial charge in [-0.25, -0.2) is 5.48 Å². The largest absolute Gasteiger partial charge is 0.508 e. The predicted molar refractivity (Wildman–Crippen MR) is 87.7 cm³/mol. The normalized spacial score (nSPS) is 18.7. The maximum absolute atomic E-state index is 11.8. The Kier molecular flexibility index (Phi) is 3.99. The van der Waals surface area contributed by atoms with Crippen molar-refractivity contribution in [3.8, 4) is 17.2 Å². The van der Waals surface area contributed by atoms with Crippen LogP contribution in [0.2, 0.25) is 0 Å². The number of anilines is 1. The molecule has 1 amide bonds. The van der Waals surface area contributed by atoms with Gasteiger partial charge in [-0.05, 0) is 17.7 Å². The minimum absolute atomic E-state index is 0.00932. The van der Waals surface area contributed by atoms with Crippen LogP contribution in [-0.4, -0.2) is 26.4 Å². The third-order valence-corrected chi connectivity index (χ3v) is 3.99. The Balaban J connectivity index is 2.20. The predicted octanol–water partition coefficient (Wildman–Crippen LogP) is 1.20. The molecule has 8 heteroatoms. The Morgan fingerprint density at radius 2 is 1.88 bits per heavy atom. The van der Waals surface area contributed by atoms with Crippen LogP contribution in [0.4, 0.5) is 5.69 Å². The Hall–Kier alpha value is -3.23. The van der Waals surface area contributed by atoms with Gasteiger partial charge in [-0.3, -0.25) is 10.0 Å². The lowest BCUT2D eigenvalue weighted by Gasteiger charge is -2.35. The Morgan fingerprint density at radius 1 is 1.20 bits per heavy atom. The number of aromatic hydroxyl groups is 2. The van der Waals surface area contributed by atoms with E-state index in [4.69, 9.17) is 15.7 Å². The van der Waals surface area contributed by atoms with Crippen molar-refractivity contribution in [2.24, 2.45) is 0 Å². The smallest absolute Gasteiger partial charge is 0.246 e. The fourth-order valence-corrected chi connectivity index (χ4v) is 2.87. The second-order valence-corrected chi connectivity index (χ2v) is 5.68. The monoisotopic (exact) mass is 344 g/mol. The molecule has 2 aromatic rings. The van der Waals surface area contributed by atoms with Crippen LogP contribution in [-0.2, 0) is 10.4 Å². The summed E-state index contributed by atoms with van der Waals surface area (Å²) in [7, 11) is 0. The van der Waals surface area contributed by atoms with E-state index in [9.17, 15) is 20.1 Å². The molecular weight excluding hydrogens is 328 g/mol. The quantitative estimate of drug-likeness (QED) is 0.279. The van der Waals surface area contributed by atoms with E-state index in [1.54, 1.807) is 24.3 Å². The van der Waals surface area contributed by atoms with Gasteiger partial charge in [0.25, 0.3) is 0 Å². The first-order valence-corrected chi connectivity index (χ1v) is 7.30. The van der Waals surface area contributed by atoms with Crippen LogP contribution in [0, 0.1) is 0 Å². The van der Waals surface area contributed by atoms with E-state index in [-0.39, 0.29) is 22.6 Å². The highest BCUT2D eigenvalue weighted by molar-refractivity contribution is 5.86. The third-order valence-electron chi connectivity index (χ3n) is 3.99. The molecule has 7 N–H and O–H groups in total. The first kappa shape index (κ1) is 16.6. The number of benzene rings is 2. The fraction of sp³-hybridized carbons (Fsp3) is 0.118. The topological polar surface area (TPSA) is 145 Å². The minimum atomic E-state index is -2.01. The summed E-state index contributed by atoms with van der Waals surface area (Å²) in [5.41, 5.74) is 6.22. The molecule has 3 rings (SSSR count). The summed E-state index contributed by atoms with van der Waals surface area (Å²) < 4.78 is 5.43. The van der Waals surface area contributed by atoms with Crippen molar-refractivity contribution in [3.63, 3.8) is 0 Å². The first-order valence-electron chi connectivity index (χ1n) is 7.30. The molecule has 0 radical (unpaired) electrons. The van der Waals surface area contributed by atoms with Gasteiger partial charge in [-0.15, -0.1) is 0 Å². The highest BCUT2D eigenvalue weighted by Crippen LogP contribution is 2.51. The molecule has 1 unspecified atom stereocenters. The van der Waals surface area contributed by atoms with Gasteiger partial charge in [0.15, 0.2) is 0 Å². The van der Waals surface area contributed by atoms with Crippen molar-refractivity contribution < 1.29 is 30.1 Å². The summed E-state index contributed by atoms with van der Waals surface area (Å²) in [5, 5.41) is 40.0. The summed E-state index contributed by atoms with van der Waals surface area (Å²) in [6.45, 7) is 0. The second kappa shape index (κ2) is 6.00. The van der Waals surface area contributed by atoms with Crippen LogP contribution in [0.1, 0.15) is 17.5 Å². The number of fused-ring (bicyclic) bond motifs is 1. The summed E-state index contributed by atoms with van der Waals surface area (Å²) >= 11 is 0. The van der Waals surface area contributed by atoms with Crippen LogP contribution in [0.15, 0.2) is 42.7 Å². The number of hydroxylamine groups is 1. The molecule has 1 atom stereocenters. The average molecular weight is 344 g/mol. The maximum Gasteiger partial charge on any atom is 0.246 e. The van der Waals surface area contributed by atoms with Crippen LogP contribution >= 0.6 is 0 Å². The molecule has 8 nitrogen and oxygen atoms in total. The lowest BCUT2D eigenvalue weighted by atomic mass is 9.78. The summed E-state index contributed by atoms with van der Waals surface area (Å²) in [4.78, 5) is 11.8. The lowest BCUT2D eigenvalue weighted by molar-refractivity contribution is -0.133. The molecule has 130 valence electrons. The number of aliphatic hydroxyl groups is 1. The number of carbonyl (C=O) groups is 1. The maximum atomic E-state index is 11.8. The fourth-order valence-electron chi connectivity index (χ4n) is 2.87. The molecule has 2 aromatic carbocycles. The zero-order chi connectivity index (χ0) is 18.2. The molecule has 0 spiro atoms. The molecule has 1 heterocycles. The van der Waals surface area contributed by atoms with E-state index in [0.717, 1.165) is 6.07 Å². The number of rotatable bonds is 3. The Bertz CT molecular complexity index is 862. The summed E-state index contributed by atoms with van der Waals surface area (Å²) in [6.07, 6.45) is 0.631. The molecule has 0 aliphatic carbocycles. The van der Waals surface area contributed by atoms with Crippen molar-refractivity contribution in [1.29, 1.82) is 0 Å². The highest BCUT2D eigenvalue weighted by Gasteiger charge is 2.44. The summed E-state index contributed by atoms with van der Waals surface area (Å²) in [5.74, 6) is -1.60. The van der Waals surface area contributed by atoms with Crippen LogP contribution < -0.4 is 16.0 Å². The van der Waals surface area contributed by atoms with E-state index in [1.807, 2.05) is 0 Å². The number of hydrogen-bond acceptors (Lipinski definition) is 7. The number of nitrogens with two attached hydrogens (primary N) is 1. The number of carbonyl (C=O) groups excluding carboxylic acids is 1. The van der Waals surface area contributed by atoms with Gasteiger partial charge >= 0.3 is 0 Å². The van der Waals surface area contributed by atoms with Crippen LogP contribution in [0.3, 0.4) is 0 Å².